The molecule has 0 unspecified atom stereocenters. The second-order valence-electron chi connectivity index (χ2n) is 1.93. The lowest BCUT2D eigenvalue weighted by molar-refractivity contribution is 0.318. The van der Waals surface area contributed by atoms with Crippen LogP contribution < -0.4 is 10.5 Å². The normalized spacial score (nSPS) is 11.2. The summed E-state index contributed by atoms with van der Waals surface area (Å²) < 4.78 is 4.85. The maximum atomic E-state index is 8.36. The van der Waals surface area contributed by atoms with Crippen LogP contribution in [0.3, 0.4) is 0 Å². The molecule has 0 fully saturated rings. The topological polar surface area (TPSA) is 93.6 Å². The minimum absolute atomic E-state index is 0.0764. The van der Waals surface area contributed by atoms with Crippen molar-refractivity contribution < 1.29 is 9.94 Å². The zero-order valence-corrected chi connectivity index (χ0v) is 6.43. The molecule has 0 radical (unpaired) electrons. The van der Waals surface area contributed by atoms with Crippen LogP contribution in [0.4, 0.5) is 0 Å². The van der Waals surface area contributed by atoms with Crippen molar-refractivity contribution in [2.75, 3.05) is 7.11 Å². The Morgan fingerprint density at radius 1 is 1.75 bits per heavy atom. The number of nitrogens with zero attached hydrogens (tertiary/aromatic N) is 3. The molecule has 1 aromatic heterocycles. The van der Waals surface area contributed by atoms with Gasteiger partial charge in [-0.2, -0.15) is 0 Å². The SMILES string of the molecule is COc1ncncc1/C(N)=N/O. The first-order valence-electron chi connectivity index (χ1n) is 3.11. The fourth-order valence-electron chi connectivity index (χ4n) is 0.711. The molecule has 0 saturated carbocycles. The maximum Gasteiger partial charge on any atom is 0.227 e. The molecule has 0 spiro atoms. The molecule has 12 heavy (non-hydrogen) atoms. The predicted molar refractivity (Wildman–Crippen MR) is 41.1 cm³/mol. The Balaban J connectivity index is 3.13. The number of nitrogens with two attached hydrogens (primary N) is 1. The molecule has 6 nitrogen and oxygen atoms in total. The number of oxime groups is 1. The van der Waals surface area contributed by atoms with Gasteiger partial charge in [0.25, 0.3) is 0 Å². The third-order valence-corrected chi connectivity index (χ3v) is 1.25. The van der Waals surface area contributed by atoms with Gasteiger partial charge in [0.15, 0.2) is 5.84 Å². The minimum atomic E-state index is -0.0764. The molecule has 0 amide bonds. The van der Waals surface area contributed by atoms with E-state index in [-0.39, 0.29) is 11.7 Å². The van der Waals surface area contributed by atoms with Gasteiger partial charge in [0, 0.05) is 6.20 Å². The highest BCUT2D eigenvalue weighted by Gasteiger charge is 2.07. The summed E-state index contributed by atoms with van der Waals surface area (Å²) in [5, 5.41) is 11.2. The molecule has 1 aromatic rings. The Morgan fingerprint density at radius 2 is 2.50 bits per heavy atom. The van der Waals surface area contributed by atoms with Crippen molar-refractivity contribution >= 4 is 5.84 Å². The molecule has 1 rings (SSSR count). The number of rotatable bonds is 2. The zero-order chi connectivity index (χ0) is 8.97. The first-order chi connectivity index (χ1) is 5.79. The Hall–Kier alpha value is -1.85. The van der Waals surface area contributed by atoms with Gasteiger partial charge in [-0.05, 0) is 0 Å². The first-order valence-corrected chi connectivity index (χ1v) is 3.11. The van der Waals surface area contributed by atoms with Crippen molar-refractivity contribution in [1.82, 2.24) is 9.97 Å². The van der Waals surface area contributed by atoms with Crippen LogP contribution >= 0.6 is 0 Å². The summed E-state index contributed by atoms with van der Waals surface area (Å²) in [7, 11) is 1.44. The molecular formula is C6H8N4O2. The highest BCUT2D eigenvalue weighted by Crippen LogP contribution is 2.10. The molecule has 64 valence electrons. The van der Waals surface area contributed by atoms with E-state index >= 15 is 0 Å². The molecule has 0 bridgehead atoms. The first kappa shape index (κ1) is 8.25. The summed E-state index contributed by atoms with van der Waals surface area (Å²) in [4.78, 5) is 7.46. The quantitative estimate of drug-likeness (QED) is 0.271. The summed E-state index contributed by atoms with van der Waals surface area (Å²) in [5.74, 6) is 0.202. The Labute approximate surface area is 68.7 Å². The Kier molecular flexibility index (Phi) is 2.42. The minimum Gasteiger partial charge on any atom is -0.480 e. The average Bonchev–Trinajstić information content (AvgIpc) is 2.16. The van der Waals surface area contributed by atoms with Crippen LogP contribution in [0.15, 0.2) is 17.7 Å². The molecule has 6 heteroatoms. The van der Waals surface area contributed by atoms with Gasteiger partial charge in [-0.15, -0.1) is 0 Å². The van der Waals surface area contributed by atoms with E-state index < -0.39 is 0 Å². The van der Waals surface area contributed by atoms with E-state index in [1.165, 1.54) is 19.6 Å². The molecule has 0 atom stereocenters. The molecule has 0 aromatic carbocycles. The molecule has 0 aliphatic carbocycles. The molecule has 1 heterocycles. The van der Waals surface area contributed by atoms with Gasteiger partial charge in [0.05, 0.1) is 7.11 Å². The molecule has 0 saturated heterocycles. The summed E-state index contributed by atoms with van der Waals surface area (Å²) >= 11 is 0. The predicted octanol–water partition coefficient (Wildman–Crippen LogP) is -0.420. The van der Waals surface area contributed by atoms with Gasteiger partial charge >= 0.3 is 0 Å². The molecule has 3 N–H and O–H groups in total. The largest absolute Gasteiger partial charge is 0.480 e. The summed E-state index contributed by atoms with van der Waals surface area (Å²) in [6.07, 6.45) is 2.72. The lowest BCUT2D eigenvalue weighted by Crippen LogP contribution is -2.15. The van der Waals surface area contributed by atoms with E-state index in [9.17, 15) is 0 Å². The molecule has 0 aliphatic rings. The van der Waals surface area contributed by atoms with Gasteiger partial charge in [-0.1, -0.05) is 5.16 Å². The lowest BCUT2D eigenvalue weighted by Gasteiger charge is -2.02. The number of ether oxygens (including phenoxy) is 1. The summed E-state index contributed by atoms with van der Waals surface area (Å²) in [5.41, 5.74) is 5.67. The van der Waals surface area contributed by atoms with Gasteiger partial charge in [0.2, 0.25) is 5.88 Å². The summed E-state index contributed by atoms with van der Waals surface area (Å²) in [6, 6.07) is 0. The van der Waals surface area contributed by atoms with Crippen LogP contribution in [0.25, 0.3) is 0 Å². The van der Waals surface area contributed by atoms with E-state index in [4.69, 9.17) is 15.7 Å². The van der Waals surface area contributed by atoms with Gasteiger partial charge in [-0.25, -0.2) is 9.97 Å². The average molecular weight is 168 g/mol. The van der Waals surface area contributed by atoms with Crippen molar-refractivity contribution in [1.29, 1.82) is 0 Å². The second-order valence-corrected chi connectivity index (χ2v) is 1.93. The fourth-order valence-corrected chi connectivity index (χ4v) is 0.711. The van der Waals surface area contributed by atoms with E-state index in [0.29, 0.717) is 5.56 Å². The van der Waals surface area contributed by atoms with Crippen molar-refractivity contribution in [2.45, 2.75) is 0 Å². The maximum absolute atomic E-state index is 8.36. The highest BCUT2D eigenvalue weighted by atomic mass is 16.5. The van der Waals surface area contributed by atoms with Crippen LogP contribution in [0.1, 0.15) is 5.56 Å². The molecule has 0 aliphatic heterocycles. The molecular weight excluding hydrogens is 160 g/mol. The number of hydrogen-bond acceptors (Lipinski definition) is 5. The van der Waals surface area contributed by atoms with E-state index in [2.05, 4.69) is 15.1 Å². The van der Waals surface area contributed by atoms with Gasteiger partial charge in [0.1, 0.15) is 11.9 Å². The van der Waals surface area contributed by atoms with Gasteiger partial charge in [-0.3, -0.25) is 0 Å². The van der Waals surface area contributed by atoms with Crippen LogP contribution in [0.5, 0.6) is 5.88 Å². The smallest absolute Gasteiger partial charge is 0.227 e. The van der Waals surface area contributed by atoms with E-state index in [1.54, 1.807) is 0 Å². The zero-order valence-electron chi connectivity index (χ0n) is 6.43. The summed E-state index contributed by atoms with van der Waals surface area (Å²) in [6.45, 7) is 0. The third kappa shape index (κ3) is 1.42. The lowest BCUT2D eigenvalue weighted by atomic mass is 10.3. The monoisotopic (exact) mass is 168 g/mol. The Morgan fingerprint density at radius 3 is 3.08 bits per heavy atom. The number of amidine groups is 1. The van der Waals surface area contributed by atoms with Crippen molar-refractivity contribution in [3.63, 3.8) is 0 Å². The van der Waals surface area contributed by atoms with E-state index in [0.717, 1.165) is 0 Å². The van der Waals surface area contributed by atoms with Crippen molar-refractivity contribution in [3.8, 4) is 5.88 Å². The number of methoxy groups -OCH3 is 1. The van der Waals surface area contributed by atoms with Crippen LogP contribution in [-0.2, 0) is 0 Å². The van der Waals surface area contributed by atoms with Crippen LogP contribution in [0.2, 0.25) is 0 Å². The third-order valence-electron chi connectivity index (χ3n) is 1.25. The standard InChI is InChI=1S/C6H8N4O2/c1-12-6-4(5(7)10-11)2-8-3-9-6/h2-3,11H,1H3,(H2,7,10). The number of hydrogen-bond donors (Lipinski definition) is 2. The second kappa shape index (κ2) is 3.51. The highest BCUT2D eigenvalue weighted by molar-refractivity contribution is 5.98. The number of aromatic nitrogens is 2. The van der Waals surface area contributed by atoms with E-state index in [1.807, 2.05) is 0 Å². The Bertz CT molecular complexity index is 299. The van der Waals surface area contributed by atoms with Crippen LogP contribution in [-0.4, -0.2) is 28.1 Å². The fraction of sp³-hybridized carbons (Fsp3) is 0.167. The van der Waals surface area contributed by atoms with Gasteiger partial charge < -0.3 is 15.7 Å². The van der Waals surface area contributed by atoms with Crippen LogP contribution in [0, 0.1) is 0 Å². The van der Waals surface area contributed by atoms with Crippen molar-refractivity contribution in [3.05, 3.63) is 18.1 Å². The van der Waals surface area contributed by atoms with Crippen molar-refractivity contribution in [2.24, 2.45) is 10.9 Å².